The number of amides is 1. The predicted octanol–water partition coefficient (Wildman–Crippen LogP) is 2.32. The largest absolute Gasteiger partial charge is 0.504 e. The van der Waals surface area contributed by atoms with Crippen molar-refractivity contribution in [3.05, 3.63) is 54.1 Å². The lowest BCUT2D eigenvalue weighted by Crippen LogP contribution is -2.33. The van der Waals surface area contributed by atoms with Gasteiger partial charge in [0.15, 0.2) is 17.6 Å². The number of methoxy groups -OCH3 is 1. The number of ether oxygens (including phenoxy) is 2. The third-order valence-corrected chi connectivity index (χ3v) is 3.02. The molecular weight excluding hydrogens is 296 g/mol. The van der Waals surface area contributed by atoms with E-state index >= 15 is 0 Å². The van der Waals surface area contributed by atoms with Gasteiger partial charge in [-0.15, -0.1) is 0 Å². The highest BCUT2D eigenvalue weighted by atomic mass is 16.5. The third kappa shape index (κ3) is 4.74. The number of hydrazone groups is 1. The molecule has 0 heterocycles. The molecule has 0 spiro atoms. The fourth-order valence-corrected chi connectivity index (χ4v) is 1.79. The topological polar surface area (TPSA) is 80.2 Å². The van der Waals surface area contributed by atoms with E-state index in [2.05, 4.69) is 10.5 Å². The number of phenols is 1. The number of carbonyl (C=O) groups is 1. The van der Waals surface area contributed by atoms with Gasteiger partial charge in [-0.2, -0.15) is 5.10 Å². The van der Waals surface area contributed by atoms with Gasteiger partial charge in [0, 0.05) is 0 Å². The molecule has 1 atom stereocenters. The zero-order valence-electron chi connectivity index (χ0n) is 12.9. The van der Waals surface area contributed by atoms with Crippen LogP contribution in [-0.4, -0.2) is 30.4 Å². The number of carbonyl (C=O) groups excluding carboxylic acids is 1. The van der Waals surface area contributed by atoms with Crippen LogP contribution in [0, 0.1) is 0 Å². The normalized spacial score (nSPS) is 11.9. The Morgan fingerprint density at radius 1 is 1.26 bits per heavy atom. The summed E-state index contributed by atoms with van der Waals surface area (Å²) in [5.41, 5.74) is 3.08. The van der Waals surface area contributed by atoms with Crippen LogP contribution in [0.5, 0.6) is 17.2 Å². The third-order valence-electron chi connectivity index (χ3n) is 3.02. The van der Waals surface area contributed by atoms with Gasteiger partial charge >= 0.3 is 0 Å². The van der Waals surface area contributed by atoms with Gasteiger partial charge in [-0.1, -0.05) is 18.2 Å². The zero-order valence-corrected chi connectivity index (χ0v) is 12.9. The Hall–Kier alpha value is -3.02. The number of benzene rings is 2. The van der Waals surface area contributed by atoms with Gasteiger partial charge in [-0.25, -0.2) is 5.43 Å². The number of nitrogens with one attached hydrogen (secondary N) is 1. The van der Waals surface area contributed by atoms with E-state index in [0.29, 0.717) is 17.1 Å². The second kappa shape index (κ2) is 7.84. The molecule has 2 aromatic carbocycles. The van der Waals surface area contributed by atoms with Crippen LogP contribution in [-0.2, 0) is 4.79 Å². The molecule has 120 valence electrons. The molecule has 2 aromatic rings. The second-order valence-corrected chi connectivity index (χ2v) is 4.74. The summed E-state index contributed by atoms with van der Waals surface area (Å²) in [6.45, 7) is 1.64. The maximum absolute atomic E-state index is 11.9. The molecule has 2 N–H and O–H groups in total. The molecule has 1 amide bonds. The van der Waals surface area contributed by atoms with Gasteiger partial charge in [0.2, 0.25) is 0 Å². The zero-order chi connectivity index (χ0) is 16.7. The van der Waals surface area contributed by atoms with Crippen molar-refractivity contribution in [2.75, 3.05) is 7.11 Å². The number of phenolic OH excluding ortho intramolecular Hbond substituents is 1. The quantitative estimate of drug-likeness (QED) is 0.633. The highest BCUT2D eigenvalue weighted by Gasteiger charge is 2.13. The average Bonchev–Trinajstić information content (AvgIpc) is 2.57. The van der Waals surface area contributed by atoms with Crippen LogP contribution in [0.4, 0.5) is 0 Å². The molecule has 6 heteroatoms. The van der Waals surface area contributed by atoms with Crippen molar-refractivity contribution in [3.8, 4) is 17.2 Å². The van der Waals surface area contributed by atoms with Crippen molar-refractivity contribution in [2.24, 2.45) is 5.10 Å². The van der Waals surface area contributed by atoms with E-state index in [4.69, 9.17) is 9.47 Å². The minimum absolute atomic E-state index is 0.0403. The molecule has 0 aromatic heterocycles. The van der Waals surface area contributed by atoms with Crippen molar-refractivity contribution in [1.82, 2.24) is 5.43 Å². The Balaban J connectivity index is 1.90. The molecule has 0 aliphatic carbocycles. The van der Waals surface area contributed by atoms with Crippen LogP contribution in [0.3, 0.4) is 0 Å². The number of para-hydroxylation sites is 1. The Kier molecular flexibility index (Phi) is 5.57. The summed E-state index contributed by atoms with van der Waals surface area (Å²) in [6.07, 6.45) is 0.777. The maximum Gasteiger partial charge on any atom is 0.280 e. The predicted molar refractivity (Wildman–Crippen MR) is 86.9 cm³/mol. The van der Waals surface area contributed by atoms with Gasteiger partial charge in [0.05, 0.1) is 13.3 Å². The summed E-state index contributed by atoms with van der Waals surface area (Å²) >= 11 is 0. The first-order valence-corrected chi connectivity index (χ1v) is 7.02. The lowest BCUT2D eigenvalue weighted by Gasteiger charge is -2.12. The van der Waals surface area contributed by atoms with Gasteiger partial charge in [0.25, 0.3) is 5.91 Å². The molecule has 0 saturated carbocycles. The van der Waals surface area contributed by atoms with Crippen molar-refractivity contribution in [1.29, 1.82) is 0 Å². The molecule has 0 radical (unpaired) electrons. The van der Waals surface area contributed by atoms with Gasteiger partial charge < -0.3 is 14.6 Å². The van der Waals surface area contributed by atoms with Crippen LogP contribution in [0.25, 0.3) is 0 Å². The summed E-state index contributed by atoms with van der Waals surface area (Å²) in [4.78, 5) is 11.9. The van der Waals surface area contributed by atoms with Crippen LogP contribution >= 0.6 is 0 Å². The Morgan fingerprint density at radius 2 is 2.00 bits per heavy atom. The summed E-state index contributed by atoms with van der Waals surface area (Å²) < 4.78 is 10.5. The molecule has 0 unspecified atom stereocenters. The van der Waals surface area contributed by atoms with Crippen LogP contribution in [0.1, 0.15) is 12.5 Å². The lowest BCUT2D eigenvalue weighted by molar-refractivity contribution is -0.127. The standard InChI is InChI=1S/C17H18N2O4/c1-12(23-14-6-4-3-5-7-14)17(21)19-18-11-13-8-9-15(20)16(10-13)22-2/h3-12,20H,1-2H3,(H,19,21)/b18-11-/t12-/m1/s1. The van der Waals surface area contributed by atoms with Gasteiger partial charge in [-0.05, 0) is 42.8 Å². The molecule has 0 aliphatic rings. The van der Waals surface area contributed by atoms with E-state index < -0.39 is 6.10 Å². The molecule has 0 fully saturated rings. The minimum atomic E-state index is -0.677. The molecule has 0 saturated heterocycles. The fourth-order valence-electron chi connectivity index (χ4n) is 1.79. The number of nitrogens with zero attached hydrogens (tertiary/aromatic N) is 1. The van der Waals surface area contributed by atoms with Crippen LogP contribution < -0.4 is 14.9 Å². The van der Waals surface area contributed by atoms with E-state index in [1.807, 2.05) is 18.2 Å². The number of rotatable bonds is 6. The van der Waals surface area contributed by atoms with Gasteiger partial charge in [-0.3, -0.25) is 4.79 Å². The minimum Gasteiger partial charge on any atom is -0.504 e. The fraction of sp³-hybridized carbons (Fsp3) is 0.176. The highest BCUT2D eigenvalue weighted by molar-refractivity contribution is 5.84. The van der Waals surface area contributed by atoms with Crippen LogP contribution in [0.15, 0.2) is 53.6 Å². The van der Waals surface area contributed by atoms with E-state index in [9.17, 15) is 9.90 Å². The number of aromatic hydroxyl groups is 1. The van der Waals surface area contributed by atoms with E-state index in [1.54, 1.807) is 31.2 Å². The number of hydrogen-bond donors (Lipinski definition) is 2. The van der Waals surface area contributed by atoms with Crippen molar-refractivity contribution in [3.63, 3.8) is 0 Å². The van der Waals surface area contributed by atoms with Crippen molar-refractivity contribution in [2.45, 2.75) is 13.0 Å². The lowest BCUT2D eigenvalue weighted by atomic mass is 10.2. The summed E-state index contributed by atoms with van der Waals surface area (Å²) in [6, 6.07) is 13.8. The van der Waals surface area contributed by atoms with Gasteiger partial charge in [0.1, 0.15) is 5.75 Å². The SMILES string of the molecule is COc1cc(/C=N\NC(=O)[C@@H](C)Oc2ccccc2)ccc1O. The second-order valence-electron chi connectivity index (χ2n) is 4.74. The van der Waals surface area contributed by atoms with E-state index in [1.165, 1.54) is 19.4 Å². The first-order valence-electron chi connectivity index (χ1n) is 7.02. The molecular formula is C17H18N2O4. The van der Waals surface area contributed by atoms with E-state index in [0.717, 1.165) is 0 Å². The summed E-state index contributed by atoms with van der Waals surface area (Å²) in [5, 5.41) is 13.4. The first-order chi connectivity index (χ1) is 11.1. The maximum atomic E-state index is 11.9. The molecule has 0 bridgehead atoms. The Morgan fingerprint density at radius 3 is 2.70 bits per heavy atom. The average molecular weight is 314 g/mol. The summed E-state index contributed by atoms with van der Waals surface area (Å²) in [7, 11) is 1.46. The number of hydrogen-bond acceptors (Lipinski definition) is 5. The van der Waals surface area contributed by atoms with E-state index in [-0.39, 0.29) is 11.7 Å². The molecule has 6 nitrogen and oxygen atoms in total. The molecule has 2 rings (SSSR count). The Bertz CT molecular complexity index is 686. The highest BCUT2D eigenvalue weighted by Crippen LogP contribution is 2.25. The summed E-state index contributed by atoms with van der Waals surface area (Å²) in [5.74, 6) is 0.623. The van der Waals surface area contributed by atoms with Crippen LogP contribution in [0.2, 0.25) is 0 Å². The monoisotopic (exact) mass is 314 g/mol. The van der Waals surface area contributed by atoms with Crippen molar-refractivity contribution < 1.29 is 19.4 Å². The molecule has 23 heavy (non-hydrogen) atoms. The smallest absolute Gasteiger partial charge is 0.280 e. The first kappa shape index (κ1) is 16.4. The van der Waals surface area contributed by atoms with Crippen molar-refractivity contribution >= 4 is 12.1 Å². The Labute approximate surface area is 134 Å². The molecule has 0 aliphatic heterocycles.